The van der Waals surface area contributed by atoms with E-state index in [1.54, 1.807) is 0 Å². The summed E-state index contributed by atoms with van der Waals surface area (Å²) in [5, 5.41) is 0. The number of allylic oxidation sites excluding steroid dienone is 3. The molecule has 1 aromatic rings. The number of carbonyl (C=O) groups is 1. The molecule has 0 aromatic carbocycles. The van der Waals surface area contributed by atoms with Crippen molar-refractivity contribution in [2.24, 2.45) is 0 Å². The Bertz CT molecular complexity index is 845. The summed E-state index contributed by atoms with van der Waals surface area (Å²) in [4.78, 5) is 29.1. The molecular weight excluding hydrogens is 374 g/mol. The van der Waals surface area contributed by atoms with Crippen molar-refractivity contribution < 1.29 is 4.79 Å². The minimum atomic E-state index is 0.237. The SMILES string of the molecule is C=O.CCCCCc1nc2c(c(=O)n1C1CCCCCC1)CC1=CCCC=C1N2C. The molecule has 0 saturated heterocycles. The third-order valence-electron chi connectivity index (χ3n) is 6.72. The Hall–Kier alpha value is -2.17. The number of carbonyl (C=O) groups excluding carboxylic acids is 1. The molecule has 1 aromatic heterocycles. The minimum absolute atomic E-state index is 0.237. The van der Waals surface area contributed by atoms with Gasteiger partial charge in [-0.05, 0) is 37.7 Å². The van der Waals surface area contributed by atoms with Crippen molar-refractivity contribution in [2.45, 2.75) is 96.4 Å². The second kappa shape index (κ2) is 10.7. The lowest BCUT2D eigenvalue weighted by Gasteiger charge is -2.34. The molecule has 0 spiro atoms. The number of unbranched alkanes of at least 4 members (excludes halogenated alkanes) is 2. The van der Waals surface area contributed by atoms with Gasteiger partial charge >= 0.3 is 0 Å². The number of fused-ring (bicyclic) bond motifs is 2. The second-order valence-electron chi connectivity index (χ2n) is 8.74. The van der Waals surface area contributed by atoms with E-state index in [0.29, 0.717) is 6.04 Å². The molecule has 2 aliphatic carbocycles. The number of hydrogen-bond acceptors (Lipinski definition) is 4. The lowest BCUT2D eigenvalue weighted by molar-refractivity contribution is -0.0979. The molecule has 5 heteroatoms. The summed E-state index contributed by atoms with van der Waals surface area (Å²) in [5.41, 5.74) is 3.72. The maximum atomic E-state index is 13.7. The summed E-state index contributed by atoms with van der Waals surface area (Å²) < 4.78 is 2.13. The van der Waals surface area contributed by atoms with Gasteiger partial charge in [-0.2, -0.15) is 0 Å². The van der Waals surface area contributed by atoms with Crippen molar-refractivity contribution in [2.75, 3.05) is 11.9 Å². The first-order chi connectivity index (χ1) is 14.7. The van der Waals surface area contributed by atoms with Crippen LogP contribution in [0.15, 0.2) is 28.2 Å². The zero-order valence-corrected chi connectivity index (χ0v) is 18.8. The summed E-state index contributed by atoms with van der Waals surface area (Å²) in [6, 6.07) is 0.340. The van der Waals surface area contributed by atoms with Crippen LogP contribution < -0.4 is 10.5 Å². The van der Waals surface area contributed by atoms with Gasteiger partial charge in [0.05, 0.1) is 5.56 Å². The van der Waals surface area contributed by atoms with Crippen LogP contribution in [0.5, 0.6) is 0 Å². The lowest BCUT2D eigenvalue weighted by Crippen LogP contribution is -2.38. The average molecular weight is 412 g/mol. The zero-order valence-electron chi connectivity index (χ0n) is 18.8. The normalized spacial score (nSPS) is 18.9. The smallest absolute Gasteiger partial charge is 0.259 e. The molecule has 1 fully saturated rings. The van der Waals surface area contributed by atoms with Gasteiger partial charge in [0.25, 0.3) is 5.56 Å². The molecule has 1 saturated carbocycles. The van der Waals surface area contributed by atoms with Gasteiger partial charge in [-0.15, -0.1) is 0 Å². The van der Waals surface area contributed by atoms with Gasteiger partial charge in [-0.1, -0.05) is 57.6 Å². The number of aryl methyl sites for hydroxylation is 1. The van der Waals surface area contributed by atoms with E-state index >= 15 is 0 Å². The van der Waals surface area contributed by atoms with Crippen LogP contribution in [0, 0.1) is 0 Å². The van der Waals surface area contributed by atoms with Crippen LogP contribution in [0.2, 0.25) is 0 Å². The van der Waals surface area contributed by atoms with Crippen molar-refractivity contribution >= 4 is 12.6 Å². The fourth-order valence-corrected chi connectivity index (χ4v) is 5.17. The molecule has 164 valence electrons. The largest absolute Gasteiger partial charge is 0.329 e. The number of nitrogens with zero attached hydrogens (tertiary/aromatic N) is 3. The number of anilines is 1. The number of rotatable bonds is 5. The van der Waals surface area contributed by atoms with E-state index < -0.39 is 0 Å². The second-order valence-corrected chi connectivity index (χ2v) is 8.74. The predicted molar refractivity (Wildman–Crippen MR) is 123 cm³/mol. The molecule has 30 heavy (non-hydrogen) atoms. The predicted octanol–water partition coefficient (Wildman–Crippen LogP) is 5.28. The van der Waals surface area contributed by atoms with Gasteiger partial charge in [0.2, 0.25) is 0 Å². The molecule has 3 aliphatic rings. The monoisotopic (exact) mass is 411 g/mol. The Morgan fingerprint density at radius 2 is 1.77 bits per heavy atom. The molecule has 0 unspecified atom stereocenters. The number of hydrogen-bond donors (Lipinski definition) is 0. The van der Waals surface area contributed by atoms with E-state index in [1.165, 1.54) is 49.8 Å². The Kier molecular flexibility index (Phi) is 8.06. The van der Waals surface area contributed by atoms with Crippen molar-refractivity contribution in [3.63, 3.8) is 0 Å². The van der Waals surface area contributed by atoms with E-state index in [2.05, 4.69) is 35.6 Å². The molecule has 5 nitrogen and oxygen atoms in total. The van der Waals surface area contributed by atoms with Gasteiger partial charge in [-0.25, -0.2) is 4.98 Å². The third kappa shape index (κ3) is 4.60. The van der Waals surface area contributed by atoms with Crippen molar-refractivity contribution in [3.05, 3.63) is 45.2 Å². The molecule has 0 bridgehead atoms. The van der Waals surface area contributed by atoms with Crippen LogP contribution in [0.3, 0.4) is 0 Å². The van der Waals surface area contributed by atoms with E-state index in [4.69, 9.17) is 9.78 Å². The highest BCUT2D eigenvalue weighted by Gasteiger charge is 2.30. The first kappa shape index (κ1) is 22.5. The quantitative estimate of drug-likeness (QED) is 0.488. The Labute approximate surface area is 180 Å². The summed E-state index contributed by atoms with van der Waals surface area (Å²) in [7, 11) is 2.08. The molecule has 0 amide bonds. The standard InChI is InChI=1S/C24H35N3O.CH2O/c1-3-4-7-16-22-25-23-20(17-18-12-10-11-15-21(18)26(23)2)24(28)27(22)19-13-8-5-6-9-14-19;1-2/h12,15,19H,3-11,13-14,16-17H2,1-2H3;1H2. The van der Waals surface area contributed by atoms with Crippen LogP contribution in [0.1, 0.15) is 95.0 Å². The van der Waals surface area contributed by atoms with Gasteiger partial charge in [0.15, 0.2) is 0 Å². The van der Waals surface area contributed by atoms with E-state index in [9.17, 15) is 4.79 Å². The van der Waals surface area contributed by atoms with E-state index in [1.807, 2.05) is 6.79 Å². The van der Waals surface area contributed by atoms with Crippen LogP contribution in [-0.2, 0) is 17.6 Å². The first-order valence-corrected chi connectivity index (χ1v) is 11.8. The first-order valence-electron chi connectivity index (χ1n) is 11.8. The highest BCUT2D eigenvalue weighted by atomic mass is 16.1. The fourth-order valence-electron chi connectivity index (χ4n) is 5.17. The maximum absolute atomic E-state index is 13.7. The van der Waals surface area contributed by atoms with Crippen LogP contribution >= 0.6 is 0 Å². The molecule has 0 atom stereocenters. The number of likely N-dealkylation sites (N-methyl/N-ethyl adjacent to an activating group) is 1. The molecule has 4 rings (SSSR count). The molecule has 1 aliphatic heterocycles. The highest BCUT2D eigenvalue weighted by molar-refractivity contribution is 5.63. The molecule has 0 N–H and O–H groups in total. The topological polar surface area (TPSA) is 55.2 Å². The van der Waals surface area contributed by atoms with Gasteiger partial charge in [-0.3, -0.25) is 9.36 Å². The summed E-state index contributed by atoms with van der Waals surface area (Å²) in [5.74, 6) is 1.94. The summed E-state index contributed by atoms with van der Waals surface area (Å²) in [6.07, 6.45) is 19.3. The van der Waals surface area contributed by atoms with Crippen LogP contribution in [0.4, 0.5) is 5.82 Å². The van der Waals surface area contributed by atoms with E-state index in [0.717, 1.165) is 62.2 Å². The summed E-state index contributed by atoms with van der Waals surface area (Å²) >= 11 is 0. The summed E-state index contributed by atoms with van der Waals surface area (Å²) in [6.45, 7) is 4.23. The average Bonchev–Trinajstić information content (AvgIpc) is 3.06. The Morgan fingerprint density at radius 1 is 1.07 bits per heavy atom. The van der Waals surface area contributed by atoms with Crippen LogP contribution in [-0.4, -0.2) is 23.4 Å². The lowest BCUT2D eigenvalue weighted by atomic mass is 9.92. The van der Waals surface area contributed by atoms with Gasteiger partial charge < -0.3 is 9.69 Å². The van der Waals surface area contributed by atoms with Gasteiger partial charge in [0, 0.05) is 31.6 Å². The Morgan fingerprint density at radius 3 is 2.47 bits per heavy atom. The molecular formula is C25H37N3O2. The third-order valence-corrected chi connectivity index (χ3v) is 6.72. The van der Waals surface area contributed by atoms with Crippen molar-refractivity contribution in [3.8, 4) is 0 Å². The van der Waals surface area contributed by atoms with Gasteiger partial charge in [0.1, 0.15) is 18.4 Å². The molecule has 2 heterocycles. The highest BCUT2D eigenvalue weighted by Crippen LogP contribution is 2.36. The van der Waals surface area contributed by atoms with Crippen molar-refractivity contribution in [1.82, 2.24) is 9.55 Å². The van der Waals surface area contributed by atoms with Crippen molar-refractivity contribution in [1.29, 1.82) is 0 Å². The Balaban J connectivity index is 0.00000124. The number of aromatic nitrogens is 2. The van der Waals surface area contributed by atoms with Crippen LogP contribution in [0.25, 0.3) is 0 Å². The zero-order chi connectivity index (χ0) is 21.5. The maximum Gasteiger partial charge on any atom is 0.259 e. The van der Waals surface area contributed by atoms with E-state index in [-0.39, 0.29) is 5.56 Å². The molecule has 0 radical (unpaired) electrons. The minimum Gasteiger partial charge on any atom is -0.329 e. The fraction of sp³-hybridized carbons (Fsp3) is 0.640.